The molecule has 0 atom stereocenters. The Kier molecular flexibility index (Phi) is 16.9. The molecule has 3 heteroatoms. The summed E-state index contributed by atoms with van der Waals surface area (Å²) in [6.45, 7) is 8.75. The molecule has 3 nitrogen and oxygen atoms in total. The number of aliphatic hydroxyl groups excluding tert-OH is 1. The Balaban J connectivity index is 0. The van der Waals surface area contributed by atoms with Gasteiger partial charge in [-0.25, -0.2) is 0 Å². The molecule has 19 heavy (non-hydrogen) atoms. The zero-order valence-electron chi connectivity index (χ0n) is 13.3. The molecule has 0 bridgehead atoms. The van der Waals surface area contributed by atoms with Gasteiger partial charge in [0.15, 0.2) is 0 Å². The molecule has 0 rings (SSSR count). The number of carboxylic acids is 1. The highest BCUT2D eigenvalue weighted by atomic mass is 16.4. The molecule has 0 aromatic rings. The Labute approximate surface area is 119 Å². The second kappa shape index (κ2) is 15.5. The van der Waals surface area contributed by atoms with Gasteiger partial charge < -0.3 is 10.2 Å². The van der Waals surface area contributed by atoms with E-state index < -0.39 is 5.97 Å². The molecule has 0 aliphatic rings. The highest BCUT2D eigenvalue weighted by molar-refractivity contribution is 5.69. The lowest BCUT2D eigenvalue weighted by atomic mass is 9.99. The van der Waals surface area contributed by atoms with Crippen LogP contribution in [0.1, 0.15) is 79.1 Å². The summed E-state index contributed by atoms with van der Waals surface area (Å²) < 4.78 is 0. The molecule has 0 heterocycles. The minimum absolute atomic E-state index is 0.102. The molecule has 0 aromatic heterocycles. The lowest BCUT2D eigenvalue weighted by Gasteiger charge is -2.09. The largest absolute Gasteiger partial charge is 0.481 e. The van der Waals surface area contributed by atoms with E-state index in [1.54, 1.807) is 0 Å². The van der Waals surface area contributed by atoms with Crippen molar-refractivity contribution < 1.29 is 15.0 Å². The second-order valence-electron chi connectivity index (χ2n) is 5.24. The first-order chi connectivity index (χ1) is 9.06. The molecule has 0 unspecified atom stereocenters. The van der Waals surface area contributed by atoms with Gasteiger partial charge in [0.05, 0.1) is 5.92 Å². The van der Waals surface area contributed by atoms with Crippen molar-refractivity contribution in [3.8, 4) is 0 Å². The summed E-state index contributed by atoms with van der Waals surface area (Å²) in [5, 5.41) is 17.4. The summed E-state index contributed by atoms with van der Waals surface area (Å²) in [5.74, 6) is -0.168. The zero-order valence-corrected chi connectivity index (χ0v) is 13.3. The third-order valence-electron chi connectivity index (χ3n) is 3.28. The van der Waals surface area contributed by atoms with Crippen LogP contribution in [0, 0.1) is 11.8 Å². The van der Waals surface area contributed by atoms with Crippen molar-refractivity contribution in [1.29, 1.82) is 0 Å². The maximum atomic E-state index is 10.5. The van der Waals surface area contributed by atoms with Crippen LogP contribution in [0.3, 0.4) is 0 Å². The average Bonchev–Trinajstić information content (AvgIpc) is 2.39. The molecule has 0 aromatic carbocycles. The van der Waals surface area contributed by atoms with Crippen molar-refractivity contribution >= 4 is 5.97 Å². The summed E-state index contributed by atoms with van der Waals surface area (Å²) in [6.07, 6.45) is 8.35. The number of aliphatic carboxylic acids is 1. The quantitative estimate of drug-likeness (QED) is 0.617. The van der Waals surface area contributed by atoms with Gasteiger partial charge in [0.1, 0.15) is 0 Å². The van der Waals surface area contributed by atoms with E-state index in [2.05, 4.69) is 13.8 Å². The normalized spacial score (nSPS) is 10.5. The Hall–Kier alpha value is -0.570. The lowest BCUT2D eigenvalue weighted by molar-refractivity contribution is -0.142. The van der Waals surface area contributed by atoms with Crippen LogP contribution in [0.4, 0.5) is 0 Å². The Morgan fingerprint density at radius 2 is 1.21 bits per heavy atom. The highest BCUT2D eigenvalue weighted by Crippen LogP contribution is 2.13. The first-order valence-electron chi connectivity index (χ1n) is 7.90. The fourth-order valence-electron chi connectivity index (χ4n) is 2.23. The van der Waals surface area contributed by atoms with Gasteiger partial charge in [0, 0.05) is 6.61 Å². The van der Waals surface area contributed by atoms with Crippen LogP contribution in [0.15, 0.2) is 0 Å². The second-order valence-corrected chi connectivity index (χ2v) is 5.24. The number of hydrogen-bond donors (Lipinski definition) is 2. The number of rotatable bonds is 10. The van der Waals surface area contributed by atoms with Crippen molar-refractivity contribution in [1.82, 2.24) is 0 Å². The zero-order chi connectivity index (χ0) is 15.1. The molecule has 0 spiro atoms. The monoisotopic (exact) mass is 274 g/mol. The van der Waals surface area contributed by atoms with E-state index in [1.165, 1.54) is 25.7 Å². The van der Waals surface area contributed by atoms with E-state index in [-0.39, 0.29) is 5.92 Å². The molecule has 0 fully saturated rings. The van der Waals surface area contributed by atoms with Gasteiger partial charge in [-0.3, -0.25) is 4.79 Å². The maximum absolute atomic E-state index is 10.5. The minimum Gasteiger partial charge on any atom is -0.481 e. The number of carboxylic acid groups (broad SMARTS) is 1. The fraction of sp³-hybridized carbons (Fsp3) is 0.938. The first kappa shape index (κ1) is 20.7. The van der Waals surface area contributed by atoms with Crippen LogP contribution in [-0.4, -0.2) is 22.8 Å². The van der Waals surface area contributed by atoms with Crippen LogP contribution < -0.4 is 0 Å². The molecule has 0 saturated carbocycles. The van der Waals surface area contributed by atoms with Gasteiger partial charge >= 0.3 is 5.97 Å². The molecule has 0 saturated heterocycles. The third-order valence-corrected chi connectivity index (χ3v) is 3.28. The molecular formula is C16H34O3. The van der Waals surface area contributed by atoms with Crippen LogP contribution >= 0.6 is 0 Å². The van der Waals surface area contributed by atoms with Gasteiger partial charge in [-0.2, -0.15) is 0 Å². The summed E-state index contributed by atoms with van der Waals surface area (Å²) >= 11 is 0. The van der Waals surface area contributed by atoms with Gasteiger partial charge in [0.2, 0.25) is 0 Å². The predicted molar refractivity (Wildman–Crippen MR) is 81.3 cm³/mol. The number of aliphatic hydroxyl groups is 1. The number of hydrogen-bond acceptors (Lipinski definition) is 2. The molecule has 0 aliphatic heterocycles. The van der Waals surface area contributed by atoms with Crippen LogP contribution in [0.25, 0.3) is 0 Å². The van der Waals surface area contributed by atoms with E-state index in [4.69, 9.17) is 10.2 Å². The van der Waals surface area contributed by atoms with Gasteiger partial charge in [-0.1, -0.05) is 53.4 Å². The van der Waals surface area contributed by atoms with Crippen molar-refractivity contribution in [2.45, 2.75) is 79.1 Å². The SMILES string of the molecule is CCCC(CCC)C(=O)O.CCCC(CO)CCC. The molecular weight excluding hydrogens is 240 g/mol. The van der Waals surface area contributed by atoms with Crippen molar-refractivity contribution in [3.05, 3.63) is 0 Å². The van der Waals surface area contributed by atoms with Crippen LogP contribution in [0.2, 0.25) is 0 Å². The molecule has 0 amide bonds. The van der Waals surface area contributed by atoms with E-state index in [1.807, 2.05) is 13.8 Å². The predicted octanol–water partition coefficient (Wildman–Crippen LogP) is 4.48. The van der Waals surface area contributed by atoms with Crippen LogP contribution in [-0.2, 0) is 4.79 Å². The standard InChI is InChI=1S/C8H16O2.C8H18O/c1-3-5-7(6-4-2)8(9)10;1-3-5-8(7-9)6-4-2/h7H,3-6H2,1-2H3,(H,9,10);8-9H,3-7H2,1-2H3. The Morgan fingerprint density at radius 1 is 0.842 bits per heavy atom. The van der Waals surface area contributed by atoms with E-state index in [9.17, 15) is 4.79 Å². The minimum atomic E-state index is -0.635. The Bertz CT molecular complexity index is 180. The summed E-state index contributed by atoms with van der Waals surface area (Å²) in [4.78, 5) is 10.5. The molecule has 0 aliphatic carbocycles. The molecule has 0 radical (unpaired) electrons. The molecule has 2 N–H and O–H groups in total. The smallest absolute Gasteiger partial charge is 0.306 e. The topological polar surface area (TPSA) is 57.5 Å². The summed E-state index contributed by atoms with van der Waals surface area (Å²) in [7, 11) is 0. The van der Waals surface area contributed by atoms with Gasteiger partial charge in [0.25, 0.3) is 0 Å². The first-order valence-corrected chi connectivity index (χ1v) is 7.90. The van der Waals surface area contributed by atoms with Crippen molar-refractivity contribution in [2.75, 3.05) is 6.61 Å². The van der Waals surface area contributed by atoms with Crippen molar-refractivity contribution in [2.24, 2.45) is 11.8 Å². The average molecular weight is 274 g/mol. The van der Waals surface area contributed by atoms with Gasteiger partial charge in [-0.15, -0.1) is 0 Å². The third kappa shape index (κ3) is 13.7. The summed E-state index contributed by atoms with van der Waals surface area (Å²) in [5.41, 5.74) is 0. The van der Waals surface area contributed by atoms with E-state index in [0.29, 0.717) is 12.5 Å². The lowest BCUT2D eigenvalue weighted by Crippen LogP contribution is -2.12. The van der Waals surface area contributed by atoms with E-state index >= 15 is 0 Å². The molecule has 116 valence electrons. The van der Waals surface area contributed by atoms with Gasteiger partial charge in [-0.05, 0) is 31.6 Å². The van der Waals surface area contributed by atoms with Crippen LogP contribution in [0.5, 0.6) is 0 Å². The van der Waals surface area contributed by atoms with E-state index in [0.717, 1.165) is 25.7 Å². The summed E-state index contributed by atoms with van der Waals surface area (Å²) in [6, 6.07) is 0. The maximum Gasteiger partial charge on any atom is 0.306 e. The highest BCUT2D eigenvalue weighted by Gasteiger charge is 2.13. The van der Waals surface area contributed by atoms with Crippen molar-refractivity contribution in [3.63, 3.8) is 0 Å². The number of carbonyl (C=O) groups is 1. The fourth-order valence-corrected chi connectivity index (χ4v) is 2.23. The Morgan fingerprint density at radius 3 is 1.42 bits per heavy atom.